The van der Waals surface area contributed by atoms with E-state index in [0.29, 0.717) is 25.8 Å². The molecule has 9 unspecified atom stereocenters. The first-order valence-corrected chi connectivity index (χ1v) is 35.6. The van der Waals surface area contributed by atoms with Gasteiger partial charge in [0.15, 0.2) is 35.3 Å². The summed E-state index contributed by atoms with van der Waals surface area (Å²) in [6.45, 7) is 48.2. The summed E-state index contributed by atoms with van der Waals surface area (Å²) >= 11 is 0. The molecule has 0 spiro atoms. The van der Waals surface area contributed by atoms with Gasteiger partial charge in [0.2, 0.25) is 0 Å². The van der Waals surface area contributed by atoms with Crippen LogP contribution in [0.5, 0.6) is 0 Å². The molecular formula is C73H126N6O18. The van der Waals surface area contributed by atoms with Crippen molar-refractivity contribution in [3.63, 3.8) is 0 Å². The summed E-state index contributed by atoms with van der Waals surface area (Å²) in [5.74, 6) is -6.19. The molecule has 6 saturated heterocycles. The third-order valence-electron chi connectivity index (χ3n) is 21.3. The van der Waals surface area contributed by atoms with Crippen LogP contribution in [-0.2, 0) is 71.3 Å². The van der Waals surface area contributed by atoms with Crippen molar-refractivity contribution in [3.05, 3.63) is 25.3 Å². The second-order valence-corrected chi connectivity index (χ2v) is 31.4. The van der Waals surface area contributed by atoms with Crippen molar-refractivity contribution < 1.29 is 85.7 Å². The molecule has 6 heterocycles. The number of carbonyl (C=O) groups is 7. The lowest BCUT2D eigenvalue weighted by Gasteiger charge is -2.48. The van der Waals surface area contributed by atoms with Crippen LogP contribution in [0.3, 0.4) is 0 Å². The molecule has 0 aliphatic carbocycles. The smallest absolute Gasteiger partial charge is 0.410 e. The van der Waals surface area contributed by atoms with E-state index in [-0.39, 0.29) is 91.8 Å². The highest BCUT2D eigenvalue weighted by molar-refractivity contribution is 6.00. The van der Waals surface area contributed by atoms with Gasteiger partial charge in [-0.15, -0.1) is 13.2 Å². The molecule has 97 heavy (non-hydrogen) atoms. The van der Waals surface area contributed by atoms with E-state index in [9.17, 15) is 33.6 Å². The van der Waals surface area contributed by atoms with Gasteiger partial charge < -0.3 is 82.8 Å². The summed E-state index contributed by atoms with van der Waals surface area (Å²) in [6, 6.07) is -1.76. The summed E-state index contributed by atoms with van der Waals surface area (Å²) in [6.07, 6.45) is 0.00873. The number of ketones is 2. The van der Waals surface area contributed by atoms with E-state index in [1.807, 2.05) is 76.4 Å². The molecule has 26 atom stereocenters. The van der Waals surface area contributed by atoms with Gasteiger partial charge >= 0.3 is 30.2 Å². The number of amides is 3. The molecule has 0 aromatic rings. The van der Waals surface area contributed by atoms with E-state index in [1.165, 1.54) is 6.92 Å². The third kappa shape index (κ3) is 19.9. The van der Waals surface area contributed by atoms with Crippen molar-refractivity contribution >= 4 is 41.8 Å². The molecule has 6 fully saturated rings. The van der Waals surface area contributed by atoms with Gasteiger partial charge in [0.05, 0.1) is 67.0 Å². The number of hydrogen-bond acceptors (Lipinski definition) is 21. The molecular weight excluding hydrogens is 1250 g/mol. The van der Waals surface area contributed by atoms with Crippen LogP contribution in [0.15, 0.2) is 25.3 Å². The van der Waals surface area contributed by atoms with E-state index in [0.717, 1.165) is 12.8 Å². The maximum absolute atomic E-state index is 14.4. The van der Waals surface area contributed by atoms with Gasteiger partial charge in [-0.1, -0.05) is 67.5 Å². The van der Waals surface area contributed by atoms with Crippen molar-refractivity contribution in [1.82, 2.24) is 30.7 Å². The van der Waals surface area contributed by atoms with E-state index in [1.54, 1.807) is 72.4 Å². The predicted octanol–water partition coefficient (Wildman–Crippen LogP) is 9.81. The lowest BCUT2D eigenvalue weighted by Crippen LogP contribution is -2.62. The van der Waals surface area contributed by atoms with Gasteiger partial charge in [0.1, 0.15) is 29.6 Å². The highest BCUT2D eigenvalue weighted by atomic mass is 16.7. The zero-order chi connectivity index (χ0) is 73.4. The van der Waals surface area contributed by atoms with Gasteiger partial charge in [-0.25, -0.2) is 14.4 Å². The largest absolute Gasteiger partial charge is 0.458 e. The van der Waals surface area contributed by atoms with Crippen LogP contribution >= 0.6 is 0 Å². The Hall–Kier alpha value is -4.79. The monoisotopic (exact) mass is 1370 g/mol. The normalized spacial score (nSPS) is 41.7. The molecule has 3 N–H and O–H groups in total. The highest BCUT2D eigenvalue weighted by Gasteiger charge is 2.59. The Morgan fingerprint density at radius 1 is 0.619 bits per heavy atom. The standard InChI is InChI=1S/C39H67N3O10.C34H59N3O8/c1-16-18-47-38(12)20-22(3)21-42(36(46)52-37(9,10)11)27(8)31-39(13,51-35(45)40-31)29(17-2)49-33(44)26(7)30(43)25(6)32(38)50-34-24(5)28(41(14)15)19-23(4)48-34;1-13-15-41-33(9)17-19(3)18-35-24(8)28-34(10,45-32(40)36-28)26(14-2)43-30(39)23(7)27(38)22(6)29(33)44-31-21(5)25(37(11)12)16-20(4)42-31/h16,22-29,31-32,34H,1,17-21H2,2-15H3,(H,40,45);13,19-26,28-29,31,35H,1,14-18H2,2-12H3,(H,36,40)/t22-,23?,24?,25-,26?,27-,28?,29-,31-,32?,34+,38-,39-;19-,20?,21?,22-,23-,24-,25?,26-,28-,29?,31+,33-,34-/m11/s1. The van der Waals surface area contributed by atoms with Crippen molar-refractivity contribution in [2.45, 2.75) is 297 Å². The molecule has 0 radical (unpaired) electrons. The van der Waals surface area contributed by atoms with Crippen LogP contribution in [-0.4, -0.2) is 224 Å². The quantitative estimate of drug-likeness (QED) is 0.0632. The Balaban J connectivity index is 0.000000354. The summed E-state index contributed by atoms with van der Waals surface area (Å²) in [5.41, 5.74) is -5.38. The summed E-state index contributed by atoms with van der Waals surface area (Å²) in [7, 11) is 8.18. The Labute approximate surface area is 580 Å². The topological polar surface area (TPSA) is 267 Å². The van der Waals surface area contributed by atoms with Crippen LogP contribution in [0.2, 0.25) is 0 Å². The zero-order valence-corrected chi connectivity index (χ0v) is 63.5. The number of nitrogens with one attached hydrogen (secondary N) is 3. The molecule has 24 heteroatoms. The summed E-state index contributed by atoms with van der Waals surface area (Å²) < 4.78 is 69.4. The second kappa shape index (κ2) is 34.3. The maximum Gasteiger partial charge on any atom is 0.410 e. The molecule has 6 aliphatic heterocycles. The third-order valence-corrected chi connectivity index (χ3v) is 21.3. The van der Waals surface area contributed by atoms with E-state index in [2.05, 4.69) is 73.8 Å². The minimum absolute atomic E-state index is 0.0155. The summed E-state index contributed by atoms with van der Waals surface area (Å²) in [5, 5.41) is 9.38. The number of Topliss-reactive ketones (excluding diaryl/α,β-unsaturated/α-hetero) is 2. The van der Waals surface area contributed by atoms with E-state index >= 15 is 0 Å². The number of ether oxygens (including phenoxy) is 11. The van der Waals surface area contributed by atoms with Crippen LogP contribution < -0.4 is 16.0 Å². The van der Waals surface area contributed by atoms with Crippen molar-refractivity contribution in [3.8, 4) is 0 Å². The van der Waals surface area contributed by atoms with Crippen LogP contribution in [0.4, 0.5) is 14.4 Å². The van der Waals surface area contributed by atoms with Crippen molar-refractivity contribution in [2.75, 3.05) is 54.5 Å². The number of alkyl carbamates (subject to hydrolysis) is 2. The lowest BCUT2D eigenvalue weighted by atomic mass is 9.78. The fourth-order valence-electron chi connectivity index (χ4n) is 16.0. The number of nitrogens with zero attached hydrogens (tertiary/aromatic N) is 3. The summed E-state index contributed by atoms with van der Waals surface area (Å²) in [4.78, 5) is 101. The SMILES string of the molecule is C=CCO[C@]1(C)C[C@@H](C)CN(C(=O)OC(C)(C)C)[C@H](C)[C@H]2NC(=O)O[C@]2(C)[C@@H](CC)OC(=O)C(C)C(=O)[C@@H](C)C1O[C@@H]1OC(C)CC(N(C)C)C1C.C=CCO[C@]1(C)C[C@@H](C)CN[C@H](C)[C@H]2NC(=O)O[C@]2(C)[C@@H](CC)OC(=O)[C@H](C)C(=O)[C@@H](C)C1O[C@@H]1OC(C)CC(N(C)C)C1C. The fourth-order valence-corrected chi connectivity index (χ4v) is 16.0. The molecule has 24 nitrogen and oxygen atoms in total. The number of fused-ring (bicyclic) bond motifs is 2. The van der Waals surface area contributed by atoms with Gasteiger partial charge in [-0.05, 0) is 175 Å². The van der Waals surface area contributed by atoms with Gasteiger partial charge in [-0.2, -0.15) is 0 Å². The minimum Gasteiger partial charge on any atom is -0.458 e. The van der Waals surface area contributed by atoms with Gasteiger partial charge in [0, 0.05) is 48.3 Å². The first-order chi connectivity index (χ1) is 45.0. The van der Waals surface area contributed by atoms with Crippen molar-refractivity contribution in [1.29, 1.82) is 0 Å². The van der Waals surface area contributed by atoms with Crippen molar-refractivity contribution in [2.24, 2.45) is 47.3 Å². The number of hydrogen-bond donors (Lipinski definition) is 3. The molecule has 0 aromatic heterocycles. The van der Waals surface area contributed by atoms with E-state index in [4.69, 9.17) is 52.1 Å². The van der Waals surface area contributed by atoms with Crippen LogP contribution in [0.1, 0.15) is 184 Å². The number of carbonyl (C=O) groups excluding carboxylic acids is 7. The molecule has 3 amide bonds. The van der Waals surface area contributed by atoms with Crippen LogP contribution in [0, 0.1) is 47.3 Å². The van der Waals surface area contributed by atoms with E-state index < -0.39 is 137 Å². The Morgan fingerprint density at radius 3 is 1.39 bits per heavy atom. The minimum atomic E-state index is -1.37. The molecule has 0 aromatic carbocycles. The Morgan fingerprint density at radius 2 is 1.01 bits per heavy atom. The first kappa shape index (κ1) is 82.9. The highest BCUT2D eigenvalue weighted by Crippen LogP contribution is 2.43. The molecule has 0 saturated carbocycles. The maximum atomic E-state index is 14.4. The average molecular weight is 1380 g/mol. The lowest BCUT2D eigenvalue weighted by molar-refractivity contribution is -0.282. The number of rotatable bonds is 14. The predicted molar refractivity (Wildman–Crippen MR) is 368 cm³/mol. The van der Waals surface area contributed by atoms with Gasteiger partial charge in [-0.3, -0.25) is 19.2 Å². The number of cyclic esters (lactones) is 2. The molecule has 6 rings (SSSR count). The zero-order valence-electron chi connectivity index (χ0n) is 63.5. The Kier molecular flexibility index (Phi) is 29.3. The second-order valence-electron chi connectivity index (χ2n) is 31.4. The molecule has 0 bridgehead atoms. The number of esters is 2. The van der Waals surface area contributed by atoms with Crippen LogP contribution in [0.25, 0.3) is 0 Å². The first-order valence-electron chi connectivity index (χ1n) is 35.6. The van der Waals surface area contributed by atoms with Gasteiger partial charge in [0.25, 0.3) is 0 Å². The molecule has 6 aliphatic rings. The fraction of sp³-hybridized carbons (Fsp3) is 0.849. The Bertz CT molecular complexity index is 2700. The molecule has 556 valence electrons. The average Bonchev–Trinajstić information content (AvgIpc) is 1.68.